The Bertz CT molecular complexity index is 159. The van der Waals surface area contributed by atoms with E-state index < -0.39 is 0 Å². The molecule has 0 aliphatic carbocycles. The topological polar surface area (TPSA) is 38.5 Å². The molecule has 0 spiro atoms. The van der Waals surface area contributed by atoms with Gasteiger partial charge in [0.2, 0.25) is 0 Å². The number of hydrogen-bond donors (Lipinski definition) is 0. The second kappa shape index (κ2) is 9.43. The van der Waals surface area contributed by atoms with Crippen molar-refractivity contribution in [2.45, 2.75) is 53.4 Å². The van der Waals surface area contributed by atoms with Gasteiger partial charge in [0.25, 0.3) is 0 Å². The third-order valence-electron chi connectivity index (χ3n) is 3.14. The molecule has 0 atom stereocenters. The SMILES string of the molecule is CCC(CC)CO[N+](=O)OCC(CC)CC. The van der Waals surface area contributed by atoms with Gasteiger partial charge in [-0.3, -0.25) is 0 Å². The monoisotopic (exact) mass is 232 g/mol. The Morgan fingerprint density at radius 1 is 0.812 bits per heavy atom. The molecule has 0 aromatic rings. The van der Waals surface area contributed by atoms with E-state index in [0.29, 0.717) is 25.0 Å². The molecule has 0 amide bonds. The van der Waals surface area contributed by atoms with Gasteiger partial charge in [0.15, 0.2) is 13.2 Å². The van der Waals surface area contributed by atoms with Crippen molar-refractivity contribution in [2.24, 2.45) is 11.8 Å². The Labute approximate surface area is 98.8 Å². The van der Waals surface area contributed by atoms with E-state index in [1.54, 1.807) is 0 Å². The molecule has 0 aliphatic rings. The molecule has 0 unspecified atom stereocenters. The maximum atomic E-state index is 11.2. The van der Waals surface area contributed by atoms with Crippen molar-refractivity contribution in [3.63, 3.8) is 0 Å². The van der Waals surface area contributed by atoms with E-state index in [0.717, 1.165) is 25.7 Å². The van der Waals surface area contributed by atoms with E-state index >= 15 is 0 Å². The van der Waals surface area contributed by atoms with E-state index in [4.69, 9.17) is 9.68 Å². The lowest BCUT2D eigenvalue weighted by Crippen LogP contribution is -2.19. The van der Waals surface area contributed by atoms with Crippen molar-refractivity contribution in [1.29, 1.82) is 0 Å². The van der Waals surface area contributed by atoms with Crippen molar-refractivity contribution >= 4 is 0 Å². The molecule has 96 valence electrons. The van der Waals surface area contributed by atoms with Crippen LogP contribution in [0.1, 0.15) is 53.4 Å². The first-order valence-corrected chi connectivity index (χ1v) is 6.40. The molecule has 0 bridgehead atoms. The fraction of sp³-hybridized carbons (Fsp3) is 1.00. The number of rotatable bonds is 10. The zero-order valence-corrected chi connectivity index (χ0v) is 11.1. The van der Waals surface area contributed by atoms with Gasteiger partial charge >= 0.3 is 5.09 Å². The molecule has 0 saturated heterocycles. The predicted octanol–water partition coefficient (Wildman–Crippen LogP) is 3.50. The largest absolute Gasteiger partial charge is 0.477 e. The molecule has 0 aliphatic heterocycles. The Hall–Kier alpha value is -0.800. The van der Waals surface area contributed by atoms with Crippen molar-refractivity contribution in [3.05, 3.63) is 4.91 Å². The fourth-order valence-corrected chi connectivity index (χ4v) is 1.42. The first-order chi connectivity index (χ1) is 7.67. The Morgan fingerprint density at radius 2 is 1.12 bits per heavy atom. The third kappa shape index (κ3) is 6.64. The van der Waals surface area contributed by atoms with Gasteiger partial charge in [-0.05, 0) is 37.5 Å². The summed E-state index contributed by atoms with van der Waals surface area (Å²) in [7, 11) is 0. The van der Waals surface area contributed by atoms with Crippen LogP contribution >= 0.6 is 0 Å². The highest BCUT2D eigenvalue weighted by molar-refractivity contribution is 4.50. The van der Waals surface area contributed by atoms with Crippen molar-refractivity contribution in [1.82, 2.24) is 0 Å². The highest BCUT2D eigenvalue weighted by atomic mass is 17.0. The van der Waals surface area contributed by atoms with Gasteiger partial charge in [-0.25, -0.2) is 0 Å². The highest BCUT2D eigenvalue weighted by Gasteiger charge is 2.18. The summed E-state index contributed by atoms with van der Waals surface area (Å²) in [5.41, 5.74) is 0. The lowest BCUT2D eigenvalue weighted by Gasteiger charge is -2.08. The Morgan fingerprint density at radius 3 is 1.38 bits per heavy atom. The molecule has 0 aromatic heterocycles. The standard InChI is InChI=1S/C12H26NO3/c1-5-11(6-2)9-15-13(14)16-10-12(7-3)8-4/h11-12H,5-10H2,1-4H3/q+1. The molecule has 0 heterocycles. The van der Waals surface area contributed by atoms with Crippen LogP contribution in [0, 0.1) is 16.7 Å². The van der Waals surface area contributed by atoms with Gasteiger partial charge < -0.3 is 0 Å². The molecular formula is C12H26NO3+. The minimum Gasteiger partial charge on any atom is -0.186 e. The van der Waals surface area contributed by atoms with Crippen molar-refractivity contribution in [2.75, 3.05) is 13.2 Å². The third-order valence-corrected chi connectivity index (χ3v) is 3.14. The van der Waals surface area contributed by atoms with Gasteiger partial charge in [0.1, 0.15) is 4.91 Å². The predicted molar refractivity (Wildman–Crippen MR) is 63.7 cm³/mol. The summed E-state index contributed by atoms with van der Waals surface area (Å²) < 4.78 is 0. The lowest BCUT2D eigenvalue weighted by atomic mass is 10.1. The summed E-state index contributed by atoms with van der Waals surface area (Å²) in [5, 5.41) is 0.274. The molecule has 0 radical (unpaired) electrons. The summed E-state index contributed by atoms with van der Waals surface area (Å²) in [6.45, 7) is 9.27. The van der Waals surface area contributed by atoms with Crippen LogP contribution in [-0.4, -0.2) is 18.3 Å². The maximum Gasteiger partial charge on any atom is 0.477 e. The highest BCUT2D eigenvalue weighted by Crippen LogP contribution is 2.09. The zero-order chi connectivity index (χ0) is 12.4. The Balaban J connectivity index is 3.65. The normalized spacial score (nSPS) is 10.9. The van der Waals surface area contributed by atoms with Gasteiger partial charge in [-0.2, -0.15) is 9.68 Å². The molecular weight excluding hydrogens is 206 g/mol. The van der Waals surface area contributed by atoms with Crippen LogP contribution in [0.4, 0.5) is 0 Å². The van der Waals surface area contributed by atoms with Gasteiger partial charge in [-0.1, -0.05) is 27.7 Å². The molecule has 16 heavy (non-hydrogen) atoms. The Kier molecular flexibility index (Phi) is 8.96. The maximum absolute atomic E-state index is 11.2. The van der Waals surface area contributed by atoms with Crippen LogP contribution in [-0.2, 0) is 9.68 Å². The average Bonchev–Trinajstić information content (AvgIpc) is 2.31. The summed E-state index contributed by atoms with van der Waals surface area (Å²) in [5.74, 6) is 0.876. The quantitative estimate of drug-likeness (QED) is 0.541. The second-order valence-corrected chi connectivity index (χ2v) is 4.18. The molecule has 0 saturated carbocycles. The van der Waals surface area contributed by atoms with Crippen LogP contribution in [0.2, 0.25) is 0 Å². The van der Waals surface area contributed by atoms with Gasteiger partial charge in [-0.15, -0.1) is 0 Å². The minimum absolute atomic E-state index is 0.274. The van der Waals surface area contributed by atoms with Crippen LogP contribution in [0.5, 0.6) is 0 Å². The number of nitrogens with zero attached hydrogens (tertiary/aromatic N) is 1. The lowest BCUT2D eigenvalue weighted by molar-refractivity contribution is -0.982. The molecule has 0 aromatic carbocycles. The van der Waals surface area contributed by atoms with Crippen molar-refractivity contribution in [3.8, 4) is 0 Å². The fourth-order valence-electron chi connectivity index (χ4n) is 1.42. The summed E-state index contributed by atoms with van der Waals surface area (Å²) in [6, 6.07) is 0. The first-order valence-electron chi connectivity index (χ1n) is 6.40. The van der Waals surface area contributed by atoms with Gasteiger partial charge in [0.05, 0.1) is 0 Å². The summed E-state index contributed by atoms with van der Waals surface area (Å²) in [4.78, 5) is 21.1. The number of hydrogen-bond acceptors (Lipinski definition) is 3. The minimum atomic E-state index is 0.274. The molecule has 0 rings (SSSR count). The smallest absolute Gasteiger partial charge is 0.186 e. The van der Waals surface area contributed by atoms with E-state index in [1.807, 2.05) is 0 Å². The summed E-state index contributed by atoms with van der Waals surface area (Å²) >= 11 is 0. The summed E-state index contributed by atoms with van der Waals surface area (Å²) in [6.07, 6.45) is 4.10. The molecule has 0 fully saturated rings. The van der Waals surface area contributed by atoms with E-state index in [9.17, 15) is 4.91 Å². The van der Waals surface area contributed by atoms with E-state index in [-0.39, 0.29) is 5.09 Å². The second-order valence-electron chi connectivity index (χ2n) is 4.18. The molecule has 4 nitrogen and oxygen atoms in total. The van der Waals surface area contributed by atoms with Crippen LogP contribution < -0.4 is 0 Å². The first kappa shape index (κ1) is 15.2. The average molecular weight is 232 g/mol. The molecule has 0 N–H and O–H groups in total. The van der Waals surface area contributed by atoms with Crippen LogP contribution in [0.25, 0.3) is 0 Å². The van der Waals surface area contributed by atoms with Gasteiger partial charge in [0, 0.05) is 0 Å². The van der Waals surface area contributed by atoms with E-state index in [2.05, 4.69) is 27.7 Å². The van der Waals surface area contributed by atoms with E-state index in [1.165, 1.54) is 0 Å². The van der Waals surface area contributed by atoms with Crippen molar-refractivity contribution < 1.29 is 14.8 Å². The zero-order valence-electron chi connectivity index (χ0n) is 11.1. The van der Waals surface area contributed by atoms with Crippen LogP contribution in [0.15, 0.2) is 0 Å². The molecule has 4 heteroatoms. The van der Waals surface area contributed by atoms with Crippen LogP contribution in [0.3, 0.4) is 0 Å².